The molecular weight excluding hydrogens is 559 g/mol. The summed E-state index contributed by atoms with van der Waals surface area (Å²) in [7, 11) is -3.86. The number of sulfonamides is 1. The average molecular weight is 576 g/mol. The van der Waals surface area contributed by atoms with Crippen LogP contribution in [-0.4, -0.2) is 24.3 Å². The Bertz CT molecular complexity index is 1340. The SMILES string of the molecule is O=C(Nc1ccc(S(=O)(=O)Nc2ncccn2)cc1)c1ccc(COc2ccc(I)cc2)o1. The summed E-state index contributed by atoms with van der Waals surface area (Å²) in [4.78, 5) is 20.1. The van der Waals surface area contributed by atoms with E-state index in [1.165, 1.54) is 36.7 Å². The van der Waals surface area contributed by atoms with E-state index in [1.54, 1.807) is 18.2 Å². The maximum absolute atomic E-state index is 12.5. The van der Waals surface area contributed by atoms with Crippen LogP contribution in [0.2, 0.25) is 0 Å². The van der Waals surface area contributed by atoms with Crippen LogP contribution in [0.5, 0.6) is 5.75 Å². The van der Waals surface area contributed by atoms with Crippen molar-refractivity contribution in [2.24, 2.45) is 0 Å². The molecule has 0 radical (unpaired) electrons. The zero-order valence-electron chi connectivity index (χ0n) is 16.9. The summed E-state index contributed by atoms with van der Waals surface area (Å²) in [5.74, 6) is 0.794. The molecular formula is C22H17IN4O5S. The molecule has 4 rings (SSSR count). The van der Waals surface area contributed by atoms with E-state index < -0.39 is 15.9 Å². The Morgan fingerprint density at radius 2 is 1.67 bits per heavy atom. The summed E-state index contributed by atoms with van der Waals surface area (Å²) < 4.78 is 39.4. The van der Waals surface area contributed by atoms with E-state index in [-0.39, 0.29) is 23.2 Å². The minimum Gasteiger partial charge on any atom is -0.486 e. The Morgan fingerprint density at radius 1 is 0.970 bits per heavy atom. The Balaban J connectivity index is 1.35. The number of hydrogen-bond acceptors (Lipinski definition) is 7. The Hall–Kier alpha value is -3.45. The first-order chi connectivity index (χ1) is 15.9. The molecule has 0 atom stereocenters. The number of benzene rings is 2. The van der Waals surface area contributed by atoms with Gasteiger partial charge >= 0.3 is 0 Å². The number of ether oxygens (including phenoxy) is 1. The van der Waals surface area contributed by atoms with E-state index >= 15 is 0 Å². The van der Waals surface area contributed by atoms with Crippen molar-refractivity contribution in [3.63, 3.8) is 0 Å². The van der Waals surface area contributed by atoms with Gasteiger partial charge in [0.05, 0.1) is 4.90 Å². The number of halogens is 1. The third kappa shape index (κ3) is 6.08. The molecule has 168 valence electrons. The van der Waals surface area contributed by atoms with Crippen molar-refractivity contribution in [1.82, 2.24) is 9.97 Å². The molecule has 4 aromatic rings. The Labute approximate surface area is 203 Å². The molecule has 0 aliphatic heterocycles. The van der Waals surface area contributed by atoms with Crippen LogP contribution >= 0.6 is 22.6 Å². The Kier molecular flexibility index (Phi) is 6.89. The van der Waals surface area contributed by atoms with Gasteiger partial charge in [0.25, 0.3) is 15.9 Å². The number of amides is 1. The van der Waals surface area contributed by atoms with Gasteiger partial charge in [-0.05, 0) is 89.3 Å². The van der Waals surface area contributed by atoms with Gasteiger partial charge in [0.15, 0.2) is 5.76 Å². The van der Waals surface area contributed by atoms with Crippen LogP contribution in [0.1, 0.15) is 16.3 Å². The molecule has 9 nitrogen and oxygen atoms in total. The quantitative estimate of drug-likeness (QED) is 0.300. The number of carbonyl (C=O) groups is 1. The van der Waals surface area contributed by atoms with Gasteiger partial charge in [0.1, 0.15) is 18.1 Å². The van der Waals surface area contributed by atoms with Crippen molar-refractivity contribution >= 4 is 50.2 Å². The minimum atomic E-state index is -3.86. The highest BCUT2D eigenvalue weighted by molar-refractivity contribution is 14.1. The van der Waals surface area contributed by atoms with Crippen LogP contribution in [0.25, 0.3) is 0 Å². The summed E-state index contributed by atoms with van der Waals surface area (Å²) in [5.41, 5.74) is 0.406. The molecule has 2 heterocycles. The van der Waals surface area contributed by atoms with Crippen LogP contribution in [0.3, 0.4) is 0 Å². The number of aromatic nitrogens is 2. The fourth-order valence-electron chi connectivity index (χ4n) is 2.70. The molecule has 0 fully saturated rings. The van der Waals surface area contributed by atoms with Gasteiger partial charge in [-0.15, -0.1) is 0 Å². The van der Waals surface area contributed by atoms with E-state index in [2.05, 4.69) is 42.6 Å². The molecule has 0 spiro atoms. The molecule has 0 aliphatic rings. The second-order valence-corrected chi connectivity index (χ2v) is 9.59. The highest BCUT2D eigenvalue weighted by Gasteiger charge is 2.16. The zero-order chi connectivity index (χ0) is 23.3. The van der Waals surface area contributed by atoms with Crippen molar-refractivity contribution in [2.45, 2.75) is 11.5 Å². The number of carbonyl (C=O) groups excluding carboxylic acids is 1. The van der Waals surface area contributed by atoms with Crippen molar-refractivity contribution in [1.29, 1.82) is 0 Å². The van der Waals surface area contributed by atoms with E-state index in [9.17, 15) is 13.2 Å². The summed E-state index contributed by atoms with van der Waals surface area (Å²) in [6, 6.07) is 18.0. The van der Waals surface area contributed by atoms with E-state index in [4.69, 9.17) is 9.15 Å². The second kappa shape index (κ2) is 10.0. The molecule has 0 saturated heterocycles. The summed E-state index contributed by atoms with van der Waals surface area (Å²) >= 11 is 2.21. The van der Waals surface area contributed by atoms with Crippen molar-refractivity contribution in [2.75, 3.05) is 10.0 Å². The molecule has 0 saturated carbocycles. The molecule has 0 unspecified atom stereocenters. The normalized spacial score (nSPS) is 11.1. The van der Waals surface area contributed by atoms with Crippen LogP contribution in [0.4, 0.5) is 11.6 Å². The third-order valence-electron chi connectivity index (χ3n) is 4.29. The van der Waals surface area contributed by atoms with E-state index in [0.29, 0.717) is 17.2 Å². The predicted molar refractivity (Wildman–Crippen MR) is 129 cm³/mol. The molecule has 33 heavy (non-hydrogen) atoms. The second-order valence-electron chi connectivity index (χ2n) is 6.66. The molecule has 2 aromatic heterocycles. The lowest BCUT2D eigenvalue weighted by Crippen LogP contribution is -2.15. The van der Waals surface area contributed by atoms with E-state index in [0.717, 1.165) is 3.57 Å². The van der Waals surface area contributed by atoms with Crippen LogP contribution in [0, 0.1) is 3.57 Å². The maximum atomic E-state index is 12.5. The van der Waals surface area contributed by atoms with Gasteiger partial charge in [-0.3, -0.25) is 4.79 Å². The van der Waals surface area contributed by atoms with Gasteiger partial charge in [0, 0.05) is 21.7 Å². The summed E-state index contributed by atoms with van der Waals surface area (Å²) in [5, 5.41) is 2.67. The zero-order valence-corrected chi connectivity index (χ0v) is 19.9. The number of nitrogens with one attached hydrogen (secondary N) is 2. The first-order valence-electron chi connectivity index (χ1n) is 9.57. The smallest absolute Gasteiger partial charge is 0.291 e. The topological polar surface area (TPSA) is 123 Å². The fourth-order valence-corrected chi connectivity index (χ4v) is 4.02. The molecule has 11 heteroatoms. The van der Waals surface area contributed by atoms with Crippen molar-refractivity contribution < 1.29 is 22.4 Å². The van der Waals surface area contributed by atoms with Gasteiger partial charge in [-0.2, -0.15) is 0 Å². The third-order valence-corrected chi connectivity index (χ3v) is 6.36. The van der Waals surface area contributed by atoms with Crippen LogP contribution < -0.4 is 14.8 Å². The first kappa shape index (κ1) is 22.7. The number of furan rings is 1. The lowest BCUT2D eigenvalue weighted by Gasteiger charge is -2.08. The molecule has 0 bridgehead atoms. The van der Waals surface area contributed by atoms with Gasteiger partial charge in [-0.25, -0.2) is 23.1 Å². The molecule has 2 aromatic carbocycles. The molecule has 2 N–H and O–H groups in total. The fraction of sp³-hybridized carbons (Fsp3) is 0.0455. The highest BCUT2D eigenvalue weighted by Crippen LogP contribution is 2.19. The number of nitrogens with zero attached hydrogens (tertiary/aromatic N) is 2. The van der Waals surface area contributed by atoms with Gasteiger partial charge in [0.2, 0.25) is 5.95 Å². The minimum absolute atomic E-state index is 0.000912. The maximum Gasteiger partial charge on any atom is 0.291 e. The Morgan fingerprint density at radius 3 is 2.36 bits per heavy atom. The van der Waals surface area contributed by atoms with E-state index in [1.807, 2.05) is 24.3 Å². The van der Waals surface area contributed by atoms with Crippen LogP contribution in [-0.2, 0) is 16.6 Å². The predicted octanol–water partition coefficient (Wildman–Crippen LogP) is 4.31. The lowest BCUT2D eigenvalue weighted by atomic mass is 10.3. The van der Waals surface area contributed by atoms with Crippen molar-refractivity contribution in [3.05, 3.63) is 94.2 Å². The summed E-state index contributed by atoms with van der Waals surface area (Å²) in [6.45, 7) is 0.179. The average Bonchev–Trinajstić information content (AvgIpc) is 3.29. The summed E-state index contributed by atoms with van der Waals surface area (Å²) in [6.07, 6.45) is 2.86. The van der Waals surface area contributed by atoms with Gasteiger partial charge < -0.3 is 14.5 Å². The number of anilines is 2. The molecule has 0 aliphatic carbocycles. The molecule has 1 amide bonds. The van der Waals surface area contributed by atoms with Crippen LogP contribution in [0.15, 0.2) is 88.4 Å². The first-order valence-corrected chi connectivity index (χ1v) is 12.1. The lowest BCUT2D eigenvalue weighted by molar-refractivity contribution is 0.0992. The van der Waals surface area contributed by atoms with Crippen molar-refractivity contribution in [3.8, 4) is 5.75 Å². The largest absolute Gasteiger partial charge is 0.486 e. The number of hydrogen-bond donors (Lipinski definition) is 2. The monoisotopic (exact) mass is 576 g/mol. The number of rotatable bonds is 8. The highest BCUT2D eigenvalue weighted by atomic mass is 127. The standard InChI is InChI=1S/C22H17IN4O5S/c23-15-2-6-17(7-3-15)31-14-18-8-11-20(32-18)21(28)26-16-4-9-19(10-5-16)33(29,30)27-22-24-12-1-13-25-22/h1-13H,14H2,(H,26,28)(H,24,25,27). The van der Waals surface area contributed by atoms with Gasteiger partial charge in [-0.1, -0.05) is 0 Å².